The second-order valence-corrected chi connectivity index (χ2v) is 3.62. The van der Waals surface area contributed by atoms with E-state index in [9.17, 15) is 0 Å². The van der Waals surface area contributed by atoms with Crippen molar-refractivity contribution in [2.45, 2.75) is 52.2 Å². The van der Waals surface area contributed by atoms with E-state index in [4.69, 9.17) is 9.47 Å². The third-order valence-corrected chi connectivity index (χ3v) is 2.53. The fraction of sp³-hybridized carbons (Fsp3) is 0.909. The summed E-state index contributed by atoms with van der Waals surface area (Å²) in [7, 11) is 3.42. The van der Waals surface area contributed by atoms with Crippen LogP contribution in [-0.4, -0.2) is 20.0 Å². The molecule has 79 valence electrons. The first-order valence-corrected chi connectivity index (χ1v) is 5.04. The molecule has 0 aromatic rings. The average molecular weight is 187 g/mol. The third kappa shape index (κ3) is 3.65. The first kappa shape index (κ1) is 12.9. The minimum Gasteiger partial charge on any atom is -0.353 e. The van der Waals surface area contributed by atoms with E-state index < -0.39 is 5.79 Å². The van der Waals surface area contributed by atoms with E-state index in [1.165, 1.54) is 18.8 Å². The first-order valence-electron chi connectivity index (χ1n) is 5.04. The number of hydrogen-bond donors (Lipinski definition) is 0. The van der Waals surface area contributed by atoms with Gasteiger partial charge in [0.05, 0.1) is 0 Å². The van der Waals surface area contributed by atoms with E-state index in [1.807, 2.05) is 0 Å². The van der Waals surface area contributed by atoms with E-state index in [-0.39, 0.29) is 0 Å². The highest BCUT2D eigenvalue weighted by Gasteiger charge is 2.33. The van der Waals surface area contributed by atoms with Crippen LogP contribution >= 0.6 is 0 Å². The molecule has 0 bridgehead atoms. The van der Waals surface area contributed by atoms with Crippen LogP contribution in [0.1, 0.15) is 46.5 Å². The predicted octanol–water partition coefficient (Wildman–Crippen LogP) is 3.17. The van der Waals surface area contributed by atoms with E-state index in [0.29, 0.717) is 0 Å². The van der Waals surface area contributed by atoms with Gasteiger partial charge in [0.2, 0.25) is 0 Å². The molecule has 0 atom stereocenters. The number of rotatable bonds is 7. The Balaban J connectivity index is 4.06. The molecule has 0 rings (SSSR count). The summed E-state index contributed by atoms with van der Waals surface area (Å²) in [6.45, 7) is 6.31. The zero-order valence-electron chi connectivity index (χ0n) is 9.64. The Bertz CT molecular complexity index is 117. The molecule has 0 aromatic carbocycles. The van der Waals surface area contributed by atoms with Crippen LogP contribution in [-0.2, 0) is 9.47 Å². The van der Waals surface area contributed by atoms with E-state index in [0.717, 1.165) is 12.8 Å². The predicted molar refractivity (Wildman–Crippen MR) is 55.5 cm³/mol. The van der Waals surface area contributed by atoms with Gasteiger partial charge in [0.15, 0.2) is 5.79 Å². The van der Waals surface area contributed by atoms with Gasteiger partial charge in [0, 0.05) is 26.6 Å². The minimum absolute atomic E-state index is 0.449. The van der Waals surface area contributed by atoms with Crippen LogP contribution in [0, 0.1) is 5.92 Å². The Kier molecular flexibility index (Phi) is 6.35. The van der Waals surface area contributed by atoms with Crippen molar-refractivity contribution in [1.29, 1.82) is 0 Å². The van der Waals surface area contributed by atoms with Gasteiger partial charge in [-0.25, -0.2) is 0 Å². The third-order valence-electron chi connectivity index (χ3n) is 2.53. The van der Waals surface area contributed by atoms with Crippen molar-refractivity contribution in [1.82, 2.24) is 0 Å². The van der Waals surface area contributed by atoms with Crippen LogP contribution < -0.4 is 0 Å². The molecule has 0 heterocycles. The molecule has 0 aliphatic heterocycles. The van der Waals surface area contributed by atoms with Crippen LogP contribution in [0.5, 0.6) is 0 Å². The highest BCUT2D eigenvalue weighted by molar-refractivity contribution is 4.96. The van der Waals surface area contributed by atoms with Crippen molar-refractivity contribution in [2.24, 2.45) is 0 Å². The van der Waals surface area contributed by atoms with E-state index >= 15 is 0 Å². The van der Waals surface area contributed by atoms with Crippen molar-refractivity contribution in [2.75, 3.05) is 14.2 Å². The van der Waals surface area contributed by atoms with Gasteiger partial charge >= 0.3 is 0 Å². The van der Waals surface area contributed by atoms with E-state index in [2.05, 4.69) is 20.8 Å². The van der Waals surface area contributed by atoms with Gasteiger partial charge in [-0.1, -0.05) is 33.6 Å². The van der Waals surface area contributed by atoms with Gasteiger partial charge in [0.25, 0.3) is 0 Å². The van der Waals surface area contributed by atoms with Crippen molar-refractivity contribution in [3.05, 3.63) is 5.92 Å². The van der Waals surface area contributed by atoms with Crippen molar-refractivity contribution < 1.29 is 9.47 Å². The summed E-state index contributed by atoms with van der Waals surface area (Å²) < 4.78 is 10.9. The Labute approximate surface area is 82.6 Å². The molecule has 0 aliphatic rings. The molecular formula is C11H23O2. The molecule has 0 N–H and O–H groups in total. The van der Waals surface area contributed by atoms with Crippen LogP contribution in [0.3, 0.4) is 0 Å². The SMILES string of the molecule is CCCCCC(OC)(OC)[C](C)C. The van der Waals surface area contributed by atoms with Crippen LogP contribution in [0.25, 0.3) is 0 Å². The Morgan fingerprint density at radius 2 is 1.62 bits per heavy atom. The second-order valence-electron chi connectivity index (χ2n) is 3.62. The lowest BCUT2D eigenvalue weighted by molar-refractivity contribution is -0.197. The number of unbranched alkanes of at least 4 members (excludes halogenated alkanes) is 2. The summed E-state index contributed by atoms with van der Waals surface area (Å²) >= 11 is 0. The van der Waals surface area contributed by atoms with Gasteiger partial charge < -0.3 is 9.47 Å². The van der Waals surface area contributed by atoms with Gasteiger partial charge in [0.1, 0.15) is 0 Å². The largest absolute Gasteiger partial charge is 0.353 e. The van der Waals surface area contributed by atoms with Crippen LogP contribution in [0.2, 0.25) is 0 Å². The lowest BCUT2D eigenvalue weighted by atomic mass is 9.96. The molecule has 0 unspecified atom stereocenters. The summed E-state index contributed by atoms with van der Waals surface area (Å²) in [5, 5.41) is 0. The Morgan fingerprint density at radius 1 is 1.08 bits per heavy atom. The van der Waals surface area contributed by atoms with Crippen molar-refractivity contribution in [3.63, 3.8) is 0 Å². The number of methoxy groups -OCH3 is 2. The molecule has 0 fully saturated rings. The summed E-state index contributed by atoms with van der Waals surface area (Å²) in [4.78, 5) is 0. The summed E-state index contributed by atoms with van der Waals surface area (Å²) in [5.74, 6) is 0.739. The van der Waals surface area contributed by atoms with Crippen molar-refractivity contribution in [3.8, 4) is 0 Å². The van der Waals surface area contributed by atoms with Gasteiger partial charge in [-0.2, -0.15) is 0 Å². The lowest BCUT2D eigenvalue weighted by Crippen LogP contribution is -2.38. The minimum atomic E-state index is -0.449. The maximum absolute atomic E-state index is 5.44. The smallest absolute Gasteiger partial charge is 0.173 e. The zero-order chi connectivity index (χ0) is 10.3. The Morgan fingerprint density at radius 3 is 1.92 bits per heavy atom. The van der Waals surface area contributed by atoms with Crippen molar-refractivity contribution >= 4 is 0 Å². The standard InChI is InChI=1S/C11H23O2/c1-6-7-8-9-11(12-4,13-5)10(2)3/h6-9H2,1-5H3. The van der Waals surface area contributed by atoms with Gasteiger partial charge in [-0.3, -0.25) is 0 Å². The normalized spacial score (nSPS) is 12.5. The summed E-state index contributed by atoms with van der Waals surface area (Å²) in [5.41, 5.74) is 0. The molecule has 0 saturated heterocycles. The molecule has 2 heteroatoms. The highest BCUT2D eigenvalue weighted by atomic mass is 16.7. The molecule has 0 amide bonds. The molecule has 0 saturated carbocycles. The fourth-order valence-electron chi connectivity index (χ4n) is 1.55. The fourth-order valence-corrected chi connectivity index (χ4v) is 1.55. The average Bonchev–Trinajstić information content (AvgIpc) is 2.13. The summed E-state index contributed by atoms with van der Waals surface area (Å²) in [6, 6.07) is 0. The Hall–Kier alpha value is -0.0800. The molecule has 1 radical (unpaired) electrons. The van der Waals surface area contributed by atoms with Gasteiger partial charge in [-0.05, 0) is 6.42 Å². The van der Waals surface area contributed by atoms with Crippen LogP contribution in [0.4, 0.5) is 0 Å². The topological polar surface area (TPSA) is 18.5 Å². The lowest BCUT2D eigenvalue weighted by Gasteiger charge is -2.34. The van der Waals surface area contributed by atoms with Gasteiger partial charge in [-0.15, -0.1) is 0 Å². The molecule has 0 spiro atoms. The first-order chi connectivity index (χ1) is 6.13. The maximum Gasteiger partial charge on any atom is 0.173 e. The molecule has 0 aromatic heterocycles. The monoisotopic (exact) mass is 187 g/mol. The second kappa shape index (κ2) is 6.39. The molecule has 13 heavy (non-hydrogen) atoms. The van der Waals surface area contributed by atoms with E-state index in [1.54, 1.807) is 14.2 Å². The maximum atomic E-state index is 5.44. The zero-order valence-corrected chi connectivity index (χ0v) is 9.64. The molecular weight excluding hydrogens is 164 g/mol. The summed E-state index contributed by atoms with van der Waals surface area (Å²) in [6.07, 6.45) is 4.58. The molecule has 2 nitrogen and oxygen atoms in total. The van der Waals surface area contributed by atoms with Crippen LogP contribution in [0.15, 0.2) is 0 Å². The highest BCUT2D eigenvalue weighted by Crippen LogP contribution is 2.29. The number of ether oxygens (including phenoxy) is 2. The quantitative estimate of drug-likeness (QED) is 0.450. The number of hydrogen-bond acceptors (Lipinski definition) is 2. The molecule has 0 aliphatic carbocycles.